The molecular formula is C15H13N3O3S2. The molecular weight excluding hydrogens is 334 g/mol. The van der Waals surface area contributed by atoms with Gasteiger partial charge in [0.25, 0.3) is 5.56 Å². The first kappa shape index (κ1) is 15.7. The summed E-state index contributed by atoms with van der Waals surface area (Å²) in [5.41, 5.74) is 0.493. The first-order valence-electron chi connectivity index (χ1n) is 6.91. The second kappa shape index (κ2) is 6.93. The predicted octanol–water partition coefficient (Wildman–Crippen LogP) is 2.62. The number of fused-ring (bicyclic) bond motifs is 1. The van der Waals surface area contributed by atoms with E-state index in [0.717, 1.165) is 10.1 Å². The van der Waals surface area contributed by atoms with Crippen LogP contribution in [0.3, 0.4) is 0 Å². The molecule has 0 aliphatic carbocycles. The molecule has 6 nitrogen and oxygen atoms in total. The molecule has 0 amide bonds. The monoisotopic (exact) mass is 347 g/mol. The largest absolute Gasteiger partial charge is 0.462 e. The van der Waals surface area contributed by atoms with E-state index in [0.29, 0.717) is 4.96 Å². The number of benzene rings is 1. The Kier molecular flexibility index (Phi) is 4.73. The van der Waals surface area contributed by atoms with Crippen molar-refractivity contribution in [3.8, 4) is 0 Å². The first-order valence-corrected chi connectivity index (χ1v) is 8.72. The number of nitrogens with zero attached hydrogens (tertiary/aromatic N) is 3. The Morgan fingerprint density at radius 1 is 1.35 bits per heavy atom. The molecule has 0 unspecified atom stereocenters. The van der Waals surface area contributed by atoms with Crippen molar-refractivity contribution >= 4 is 34.0 Å². The van der Waals surface area contributed by atoms with Crippen molar-refractivity contribution in [3.05, 3.63) is 58.0 Å². The lowest BCUT2D eigenvalue weighted by atomic mass is 10.2. The normalized spacial score (nSPS) is 10.8. The summed E-state index contributed by atoms with van der Waals surface area (Å²) in [7, 11) is 0. The molecule has 0 bridgehead atoms. The number of ether oxygens (including phenoxy) is 1. The fourth-order valence-electron chi connectivity index (χ4n) is 1.89. The molecule has 0 fully saturated rings. The number of hydrogen-bond donors (Lipinski definition) is 0. The second-order valence-corrected chi connectivity index (χ2v) is 6.73. The Hall–Kier alpha value is -2.19. The van der Waals surface area contributed by atoms with E-state index < -0.39 is 11.5 Å². The van der Waals surface area contributed by atoms with Gasteiger partial charge in [0.05, 0.1) is 12.8 Å². The van der Waals surface area contributed by atoms with Crippen LogP contribution in [-0.2, 0) is 10.5 Å². The lowest BCUT2D eigenvalue weighted by Gasteiger charge is -1.99. The van der Waals surface area contributed by atoms with Crippen LogP contribution in [0.25, 0.3) is 4.96 Å². The third-order valence-corrected chi connectivity index (χ3v) is 5.07. The Balaban J connectivity index is 1.84. The van der Waals surface area contributed by atoms with E-state index in [1.807, 2.05) is 30.3 Å². The molecule has 0 aliphatic heterocycles. The quantitative estimate of drug-likeness (QED) is 0.522. The summed E-state index contributed by atoms with van der Waals surface area (Å²) < 4.78 is 7.08. The zero-order valence-electron chi connectivity index (χ0n) is 12.3. The molecule has 0 radical (unpaired) electrons. The van der Waals surface area contributed by atoms with E-state index in [1.54, 1.807) is 18.7 Å². The zero-order chi connectivity index (χ0) is 16.2. The molecule has 0 spiro atoms. The van der Waals surface area contributed by atoms with Crippen molar-refractivity contribution in [2.45, 2.75) is 17.0 Å². The maximum Gasteiger partial charge on any atom is 0.345 e. The summed E-state index contributed by atoms with van der Waals surface area (Å²) in [5, 5.41) is 4.36. The smallest absolute Gasteiger partial charge is 0.345 e. The maximum atomic E-state index is 11.9. The Morgan fingerprint density at radius 3 is 2.87 bits per heavy atom. The van der Waals surface area contributed by atoms with Crippen molar-refractivity contribution in [3.63, 3.8) is 0 Å². The molecule has 0 saturated carbocycles. The molecule has 2 aromatic heterocycles. The van der Waals surface area contributed by atoms with Gasteiger partial charge in [-0.3, -0.25) is 4.79 Å². The van der Waals surface area contributed by atoms with Crippen molar-refractivity contribution in [2.24, 2.45) is 0 Å². The molecule has 3 aromatic rings. The molecule has 118 valence electrons. The van der Waals surface area contributed by atoms with Crippen LogP contribution in [0.5, 0.6) is 0 Å². The van der Waals surface area contributed by atoms with Crippen LogP contribution in [0.1, 0.15) is 22.8 Å². The lowest BCUT2D eigenvalue weighted by molar-refractivity contribution is 0.0523. The highest BCUT2D eigenvalue weighted by molar-refractivity contribution is 8.00. The van der Waals surface area contributed by atoms with Crippen molar-refractivity contribution in [2.75, 3.05) is 6.61 Å². The van der Waals surface area contributed by atoms with E-state index in [1.165, 1.54) is 27.6 Å². The summed E-state index contributed by atoms with van der Waals surface area (Å²) in [6, 6.07) is 10.0. The summed E-state index contributed by atoms with van der Waals surface area (Å²) in [6.07, 6.45) is 1.38. The van der Waals surface area contributed by atoms with Crippen LogP contribution in [0.2, 0.25) is 0 Å². The van der Waals surface area contributed by atoms with Crippen LogP contribution in [0, 0.1) is 0 Å². The van der Waals surface area contributed by atoms with Gasteiger partial charge in [0.15, 0.2) is 4.34 Å². The molecule has 3 rings (SSSR count). The molecule has 2 heterocycles. The fraction of sp³-hybridized carbons (Fsp3) is 0.200. The number of esters is 1. The summed E-state index contributed by atoms with van der Waals surface area (Å²) in [4.78, 5) is 28.0. The Bertz CT molecular complexity index is 890. The zero-order valence-corrected chi connectivity index (χ0v) is 13.9. The van der Waals surface area contributed by atoms with Gasteiger partial charge >= 0.3 is 5.97 Å². The average molecular weight is 347 g/mol. The van der Waals surface area contributed by atoms with Gasteiger partial charge in [0, 0.05) is 5.75 Å². The molecule has 0 aliphatic rings. The minimum absolute atomic E-state index is 0.103. The Morgan fingerprint density at radius 2 is 2.13 bits per heavy atom. The van der Waals surface area contributed by atoms with Crippen molar-refractivity contribution in [1.29, 1.82) is 0 Å². The van der Waals surface area contributed by atoms with E-state index in [9.17, 15) is 9.59 Å². The molecule has 1 aromatic carbocycles. The number of carbonyl (C=O) groups is 1. The Labute approximate surface area is 140 Å². The number of rotatable bonds is 5. The fourth-order valence-corrected chi connectivity index (χ4v) is 3.75. The standard InChI is InChI=1S/C15H13N3O3S2/c1-2-21-13(20)11-8-18-14(16-12(11)19)23-15(17-18)22-9-10-6-4-3-5-7-10/h3-8H,2,9H2,1H3. The van der Waals surface area contributed by atoms with Gasteiger partial charge in [-0.2, -0.15) is 4.98 Å². The van der Waals surface area contributed by atoms with Crippen LogP contribution in [0.15, 0.2) is 45.7 Å². The lowest BCUT2D eigenvalue weighted by Crippen LogP contribution is -2.21. The summed E-state index contributed by atoms with van der Waals surface area (Å²) in [6.45, 7) is 1.89. The van der Waals surface area contributed by atoms with Crippen LogP contribution in [0.4, 0.5) is 0 Å². The minimum atomic E-state index is -0.675. The highest BCUT2D eigenvalue weighted by Gasteiger charge is 2.16. The molecule has 0 N–H and O–H groups in total. The second-order valence-electron chi connectivity index (χ2n) is 4.55. The predicted molar refractivity (Wildman–Crippen MR) is 89.1 cm³/mol. The number of carbonyl (C=O) groups excluding carboxylic acids is 1. The van der Waals surface area contributed by atoms with Gasteiger partial charge in [0.1, 0.15) is 5.56 Å². The van der Waals surface area contributed by atoms with Gasteiger partial charge < -0.3 is 4.74 Å². The summed E-state index contributed by atoms with van der Waals surface area (Å²) >= 11 is 2.87. The van der Waals surface area contributed by atoms with Crippen LogP contribution in [-0.4, -0.2) is 27.2 Å². The molecule has 23 heavy (non-hydrogen) atoms. The van der Waals surface area contributed by atoms with Gasteiger partial charge in [-0.1, -0.05) is 53.4 Å². The van der Waals surface area contributed by atoms with E-state index in [2.05, 4.69) is 10.1 Å². The molecule has 0 atom stereocenters. The molecule has 0 saturated heterocycles. The topological polar surface area (TPSA) is 73.6 Å². The van der Waals surface area contributed by atoms with Gasteiger partial charge in [-0.05, 0) is 12.5 Å². The van der Waals surface area contributed by atoms with Crippen molar-refractivity contribution < 1.29 is 9.53 Å². The number of thioether (sulfide) groups is 1. The third kappa shape index (κ3) is 3.59. The van der Waals surface area contributed by atoms with Crippen LogP contribution >= 0.6 is 23.1 Å². The minimum Gasteiger partial charge on any atom is -0.462 e. The van der Waals surface area contributed by atoms with Crippen molar-refractivity contribution in [1.82, 2.24) is 14.6 Å². The number of hydrogen-bond acceptors (Lipinski definition) is 7. The third-order valence-electron chi connectivity index (χ3n) is 2.94. The number of aromatic nitrogens is 3. The summed E-state index contributed by atoms with van der Waals surface area (Å²) in [5.74, 6) is 0.0989. The highest BCUT2D eigenvalue weighted by Crippen LogP contribution is 2.26. The molecule has 8 heteroatoms. The van der Waals surface area contributed by atoms with Gasteiger partial charge in [0.2, 0.25) is 4.96 Å². The highest BCUT2D eigenvalue weighted by atomic mass is 32.2. The maximum absolute atomic E-state index is 11.9. The van der Waals surface area contributed by atoms with Gasteiger partial charge in [-0.25, -0.2) is 9.31 Å². The van der Waals surface area contributed by atoms with Gasteiger partial charge in [-0.15, -0.1) is 5.10 Å². The van der Waals surface area contributed by atoms with Crippen LogP contribution < -0.4 is 5.56 Å². The van der Waals surface area contributed by atoms with E-state index in [4.69, 9.17) is 4.74 Å². The first-order chi connectivity index (χ1) is 11.2. The van der Waals surface area contributed by atoms with E-state index >= 15 is 0 Å². The SMILES string of the molecule is CCOC(=O)c1cn2nc(SCc3ccccc3)sc2nc1=O. The average Bonchev–Trinajstić information content (AvgIpc) is 2.95. The van der Waals surface area contributed by atoms with E-state index in [-0.39, 0.29) is 12.2 Å².